The van der Waals surface area contributed by atoms with Crippen LogP contribution in [-0.4, -0.2) is 27.4 Å². The standard InChI is InChI=1S/C19H26N4O/c24-19(20-10-4-7-13-5-2-1-3-6-13)15-11-21-18-17(15)23-16(12-22-18)14-8-9-14/h11-14H,1-10H2,(H,20,24)(H,21,22). The fourth-order valence-electron chi connectivity index (χ4n) is 3.82. The highest BCUT2D eigenvalue weighted by Crippen LogP contribution is 2.39. The van der Waals surface area contributed by atoms with Crippen LogP contribution in [0.4, 0.5) is 0 Å². The van der Waals surface area contributed by atoms with Crippen LogP contribution >= 0.6 is 0 Å². The van der Waals surface area contributed by atoms with Crippen molar-refractivity contribution in [1.82, 2.24) is 20.3 Å². The van der Waals surface area contributed by atoms with Crippen molar-refractivity contribution in [3.8, 4) is 0 Å². The van der Waals surface area contributed by atoms with Crippen LogP contribution in [0.3, 0.4) is 0 Å². The molecule has 2 aliphatic rings. The summed E-state index contributed by atoms with van der Waals surface area (Å²) in [6.45, 7) is 0.748. The smallest absolute Gasteiger partial charge is 0.255 e. The van der Waals surface area contributed by atoms with Gasteiger partial charge in [0, 0.05) is 18.7 Å². The fourth-order valence-corrected chi connectivity index (χ4v) is 3.82. The van der Waals surface area contributed by atoms with Crippen LogP contribution in [0.2, 0.25) is 0 Å². The van der Waals surface area contributed by atoms with Crippen molar-refractivity contribution in [3.05, 3.63) is 23.7 Å². The van der Waals surface area contributed by atoms with Gasteiger partial charge in [-0.25, -0.2) is 9.97 Å². The highest BCUT2D eigenvalue weighted by Gasteiger charge is 2.26. The number of nitrogens with one attached hydrogen (secondary N) is 2. The molecule has 2 heterocycles. The van der Waals surface area contributed by atoms with Crippen molar-refractivity contribution in [2.75, 3.05) is 6.54 Å². The second-order valence-corrected chi connectivity index (χ2v) is 7.37. The normalized spacial score (nSPS) is 18.8. The lowest BCUT2D eigenvalue weighted by Crippen LogP contribution is -2.25. The Hall–Kier alpha value is -1.91. The predicted molar refractivity (Wildman–Crippen MR) is 94.0 cm³/mol. The molecule has 2 aliphatic carbocycles. The van der Waals surface area contributed by atoms with Gasteiger partial charge in [-0.2, -0.15) is 0 Å². The maximum absolute atomic E-state index is 12.5. The number of amides is 1. The molecule has 2 N–H and O–H groups in total. The Morgan fingerprint density at radius 3 is 2.83 bits per heavy atom. The van der Waals surface area contributed by atoms with E-state index < -0.39 is 0 Å². The summed E-state index contributed by atoms with van der Waals surface area (Å²) in [4.78, 5) is 24.6. The minimum Gasteiger partial charge on any atom is -0.352 e. The molecule has 0 unspecified atom stereocenters. The molecule has 0 radical (unpaired) electrons. The van der Waals surface area contributed by atoms with E-state index >= 15 is 0 Å². The molecule has 5 heteroatoms. The van der Waals surface area contributed by atoms with Crippen LogP contribution in [0.15, 0.2) is 12.4 Å². The number of carbonyl (C=O) groups excluding carboxylic acids is 1. The second kappa shape index (κ2) is 6.91. The van der Waals surface area contributed by atoms with Crippen LogP contribution in [0.25, 0.3) is 11.2 Å². The first-order chi connectivity index (χ1) is 11.8. The third kappa shape index (κ3) is 3.45. The molecule has 2 fully saturated rings. The number of carbonyl (C=O) groups is 1. The number of nitrogens with zero attached hydrogens (tertiary/aromatic N) is 2. The lowest BCUT2D eigenvalue weighted by Gasteiger charge is -2.21. The van der Waals surface area contributed by atoms with Gasteiger partial charge in [-0.15, -0.1) is 0 Å². The van der Waals surface area contributed by atoms with Crippen molar-refractivity contribution in [3.63, 3.8) is 0 Å². The lowest BCUT2D eigenvalue weighted by molar-refractivity contribution is 0.0953. The minimum absolute atomic E-state index is 0.0351. The largest absolute Gasteiger partial charge is 0.352 e. The average Bonchev–Trinajstić information content (AvgIpc) is 3.38. The van der Waals surface area contributed by atoms with Crippen molar-refractivity contribution >= 4 is 17.1 Å². The number of hydrogen-bond donors (Lipinski definition) is 2. The van der Waals surface area contributed by atoms with E-state index in [1.807, 2.05) is 6.20 Å². The van der Waals surface area contributed by atoms with Crippen LogP contribution in [0.5, 0.6) is 0 Å². The van der Waals surface area contributed by atoms with E-state index in [9.17, 15) is 4.79 Å². The second-order valence-electron chi connectivity index (χ2n) is 7.37. The fraction of sp³-hybridized carbons (Fsp3) is 0.632. The molecular weight excluding hydrogens is 300 g/mol. The van der Waals surface area contributed by atoms with Gasteiger partial charge in [0.05, 0.1) is 17.5 Å². The van der Waals surface area contributed by atoms with E-state index in [1.165, 1.54) is 51.4 Å². The number of fused-ring (bicyclic) bond motifs is 1. The molecule has 2 aromatic heterocycles. The molecule has 0 aliphatic heterocycles. The topological polar surface area (TPSA) is 70.7 Å². The van der Waals surface area contributed by atoms with E-state index in [1.54, 1.807) is 6.20 Å². The summed E-state index contributed by atoms with van der Waals surface area (Å²) in [6, 6.07) is 0. The summed E-state index contributed by atoms with van der Waals surface area (Å²) in [7, 11) is 0. The molecule has 2 aromatic rings. The number of aromatic nitrogens is 3. The van der Waals surface area contributed by atoms with E-state index in [0.717, 1.165) is 24.6 Å². The molecule has 24 heavy (non-hydrogen) atoms. The Labute approximate surface area is 142 Å². The van der Waals surface area contributed by atoms with Gasteiger partial charge in [0.15, 0.2) is 5.65 Å². The first-order valence-electron chi connectivity index (χ1n) is 9.43. The summed E-state index contributed by atoms with van der Waals surface area (Å²) < 4.78 is 0. The first-order valence-corrected chi connectivity index (χ1v) is 9.43. The van der Waals surface area contributed by atoms with E-state index in [2.05, 4.69) is 20.3 Å². The van der Waals surface area contributed by atoms with Crippen molar-refractivity contribution in [2.24, 2.45) is 5.92 Å². The summed E-state index contributed by atoms with van der Waals surface area (Å²) in [5, 5.41) is 3.05. The molecule has 2 saturated carbocycles. The third-order valence-corrected chi connectivity index (χ3v) is 5.44. The van der Waals surface area contributed by atoms with E-state index in [4.69, 9.17) is 0 Å². The van der Waals surface area contributed by atoms with Gasteiger partial charge in [0.2, 0.25) is 0 Å². The first kappa shape index (κ1) is 15.6. The summed E-state index contributed by atoms with van der Waals surface area (Å²) >= 11 is 0. The summed E-state index contributed by atoms with van der Waals surface area (Å²) in [5.74, 6) is 1.38. The van der Waals surface area contributed by atoms with Gasteiger partial charge in [-0.1, -0.05) is 32.1 Å². The zero-order valence-electron chi connectivity index (χ0n) is 14.2. The maximum Gasteiger partial charge on any atom is 0.255 e. The number of H-pyrrole nitrogens is 1. The monoisotopic (exact) mass is 326 g/mol. The highest BCUT2D eigenvalue weighted by atomic mass is 16.1. The minimum atomic E-state index is -0.0351. The molecule has 128 valence electrons. The van der Waals surface area contributed by atoms with Gasteiger partial charge in [-0.05, 0) is 31.6 Å². The Kier molecular flexibility index (Phi) is 4.50. The van der Waals surface area contributed by atoms with E-state index in [0.29, 0.717) is 22.6 Å². The zero-order valence-corrected chi connectivity index (χ0v) is 14.2. The van der Waals surface area contributed by atoms with Crippen LogP contribution < -0.4 is 5.32 Å². The van der Waals surface area contributed by atoms with Crippen LogP contribution in [0.1, 0.15) is 79.8 Å². The van der Waals surface area contributed by atoms with Gasteiger partial charge in [-0.3, -0.25) is 4.79 Å². The predicted octanol–water partition coefficient (Wildman–Crippen LogP) is 3.93. The van der Waals surface area contributed by atoms with E-state index in [-0.39, 0.29) is 5.91 Å². The van der Waals surface area contributed by atoms with Crippen molar-refractivity contribution < 1.29 is 4.79 Å². The molecule has 0 aromatic carbocycles. The lowest BCUT2D eigenvalue weighted by atomic mass is 9.86. The van der Waals surface area contributed by atoms with Gasteiger partial charge < -0.3 is 10.3 Å². The number of hydrogen-bond acceptors (Lipinski definition) is 3. The molecule has 0 atom stereocenters. The zero-order chi connectivity index (χ0) is 16.4. The Morgan fingerprint density at radius 1 is 1.21 bits per heavy atom. The quantitative estimate of drug-likeness (QED) is 0.790. The molecule has 1 amide bonds. The summed E-state index contributed by atoms with van der Waals surface area (Å²) in [6.07, 6.45) is 15.2. The molecule has 5 nitrogen and oxygen atoms in total. The Balaban J connectivity index is 1.33. The summed E-state index contributed by atoms with van der Waals surface area (Å²) in [5.41, 5.74) is 3.06. The molecule has 0 bridgehead atoms. The molecular formula is C19H26N4O. The van der Waals surface area contributed by atoms with Gasteiger partial charge in [0.1, 0.15) is 5.52 Å². The van der Waals surface area contributed by atoms with Crippen LogP contribution in [-0.2, 0) is 0 Å². The maximum atomic E-state index is 12.5. The number of rotatable bonds is 6. The van der Waals surface area contributed by atoms with Crippen molar-refractivity contribution in [2.45, 2.75) is 63.7 Å². The third-order valence-electron chi connectivity index (χ3n) is 5.44. The SMILES string of the molecule is O=C(NCCCC1CCCCC1)c1c[nH]c2ncc(C3CC3)nc12. The Bertz CT molecular complexity index is 713. The average molecular weight is 326 g/mol. The molecule has 0 spiro atoms. The molecule has 4 rings (SSSR count). The Morgan fingerprint density at radius 2 is 2.04 bits per heavy atom. The van der Waals surface area contributed by atoms with Gasteiger partial charge >= 0.3 is 0 Å². The van der Waals surface area contributed by atoms with Crippen molar-refractivity contribution in [1.29, 1.82) is 0 Å². The highest BCUT2D eigenvalue weighted by molar-refractivity contribution is 6.04. The number of aromatic amines is 1. The van der Waals surface area contributed by atoms with Gasteiger partial charge in [0.25, 0.3) is 5.91 Å². The molecule has 0 saturated heterocycles. The van der Waals surface area contributed by atoms with Crippen LogP contribution in [0, 0.1) is 5.92 Å².